The summed E-state index contributed by atoms with van der Waals surface area (Å²) in [6.07, 6.45) is 2.74. The number of ether oxygens (including phenoxy) is 1. The predicted molar refractivity (Wildman–Crippen MR) is 53.6 cm³/mol. The van der Waals surface area contributed by atoms with E-state index in [4.69, 9.17) is 11.6 Å². The lowest BCUT2D eigenvalue weighted by Crippen LogP contribution is -2.34. The lowest BCUT2D eigenvalue weighted by molar-refractivity contribution is -0.606. The molecule has 0 unspecified atom stereocenters. The topological polar surface area (TPSA) is 69.0 Å². The van der Waals surface area contributed by atoms with Crippen molar-refractivity contribution in [2.24, 2.45) is 0 Å². The molecule has 0 aliphatic rings. The van der Waals surface area contributed by atoms with Gasteiger partial charge in [0.25, 0.3) is 0 Å². The van der Waals surface area contributed by atoms with Crippen LogP contribution in [0.3, 0.4) is 0 Å². The highest BCUT2D eigenvalue weighted by atomic mass is 35.5. The van der Waals surface area contributed by atoms with Crippen LogP contribution >= 0.6 is 11.6 Å². The number of fused-ring (bicyclic) bond motifs is 1. The summed E-state index contributed by atoms with van der Waals surface area (Å²) < 4.78 is 4.96. The molecule has 0 aliphatic carbocycles. The van der Waals surface area contributed by atoms with Gasteiger partial charge >= 0.3 is 11.7 Å². The molecule has 5 nitrogen and oxygen atoms in total. The van der Waals surface area contributed by atoms with Gasteiger partial charge in [-0.15, -0.1) is 0 Å². The molecule has 15 heavy (non-hydrogen) atoms. The Labute approximate surface area is 89.8 Å². The molecule has 2 aromatic heterocycles. The van der Waals surface area contributed by atoms with Crippen molar-refractivity contribution in [3.05, 3.63) is 34.4 Å². The third-order valence-corrected chi connectivity index (χ3v) is 2.37. The highest BCUT2D eigenvalue weighted by Gasteiger charge is 2.23. The Balaban J connectivity index is 2.84. The van der Waals surface area contributed by atoms with Gasteiger partial charge in [0.05, 0.1) is 23.0 Å². The van der Waals surface area contributed by atoms with Gasteiger partial charge in [-0.2, -0.15) is 4.73 Å². The van der Waals surface area contributed by atoms with E-state index in [1.807, 2.05) is 0 Å². The quantitative estimate of drug-likeness (QED) is 0.452. The molecule has 2 aromatic rings. The van der Waals surface area contributed by atoms with Crippen LogP contribution in [-0.2, 0) is 4.74 Å². The summed E-state index contributed by atoms with van der Waals surface area (Å²) in [5.74, 6) is -0.711. The molecule has 2 rings (SSSR count). The number of aromatic nitrogens is 2. The van der Waals surface area contributed by atoms with E-state index in [0.717, 1.165) is 0 Å². The molecular weight excluding hydrogens is 220 g/mol. The van der Waals surface area contributed by atoms with E-state index in [-0.39, 0.29) is 5.69 Å². The van der Waals surface area contributed by atoms with Crippen molar-refractivity contribution < 1.29 is 14.3 Å². The van der Waals surface area contributed by atoms with Crippen molar-refractivity contribution in [3.8, 4) is 0 Å². The van der Waals surface area contributed by atoms with Crippen LogP contribution in [0.15, 0.2) is 18.5 Å². The molecule has 0 aliphatic heterocycles. The molecule has 0 spiro atoms. The molecule has 0 saturated heterocycles. The largest absolute Gasteiger partial charge is 0.618 e. The number of rotatable bonds is 1. The average Bonchev–Trinajstić information content (AvgIpc) is 2.60. The smallest absolute Gasteiger partial charge is 0.405 e. The molecule has 0 bridgehead atoms. The third kappa shape index (κ3) is 1.41. The number of esters is 1. The van der Waals surface area contributed by atoms with Gasteiger partial charge in [0, 0.05) is 12.3 Å². The van der Waals surface area contributed by atoms with E-state index >= 15 is 0 Å². The number of aromatic amines is 1. The summed E-state index contributed by atoms with van der Waals surface area (Å²) in [6, 6.07) is 1.54. The third-order valence-electron chi connectivity index (χ3n) is 2.08. The number of halogens is 1. The lowest BCUT2D eigenvalue weighted by atomic mass is 10.2. The summed E-state index contributed by atoms with van der Waals surface area (Å²) in [5, 5.41) is 12.1. The molecule has 0 amide bonds. The Hall–Kier alpha value is -1.75. The summed E-state index contributed by atoms with van der Waals surface area (Å²) in [5.41, 5.74) is 0.508. The van der Waals surface area contributed by atoms with E-state index in [9.17, 15) is 10.0 Å². The minimum absolute atomic E-state index is 0.110. The van der Waals surface area contributed by atoms with Gasteiger partial charge in [-0.05, 0) is 0 Å². The van der Waals surface area contributed by atoms with Gasteiger partial charge in [0.15, 0.2) is 6.20 Å². The van der Waals surface area contributed by atoms with Crippen molar-refractivity contribution in [2.75, 3.05) is 7.11 Å². The van der Waals surface area contributed by atoms with Crippen LogP contribution in [0.4, 0.5) is 0 Å². The van der Waals surface area contributed by atoms with Crippen molar-refractivity contribution >= 4 is 28.5 Å². The predicted octanol–water partition coefficient (Wildman–Crippen LogP) is 1.24. The van der Waals surface area contributed by atoms with Gasteiger partial charge < -0.3 is 14.9 Å². The second-order valence-electron chi connectivity index (χ2n) is 2.91. The summed E-state index contributed by atoms with van der Waals surface area (Å²) in [6.45, 7) is 0. The van der Waals surface area contributed by atoms with Crippen LogP contribution in [0.1, 0.15) is 10.5 Å². The van der Waals surface area contributed by atoms with E-state index in [1.165, 1.54) is 19.5 Å². The highest BCUT2D eigenvalue weighted by molar-refractivity contribution is 6.36. The number of nitrogens with one attached hydrogen (secondary N) is 1. The minimum atomic E-state index is -0.711. The SMILES string of the molecule is COC(=O)c1c2c(Cl)c[nH]c2cc[n+]1[O-]. The van der Waals surface area contributed by atoms with Crippen LogP contribution in [-0.4, -0.2) is 18.1 Å². The first-order chi connectivity index (χ1) is 7.15. The highest BCUT2D eigenvalue weighted by Crippen LogP contribution is 2.24. The maximum atomic E-state index is 11.4. The molecule has 1 N–H and O–H groups in total. The number of carbonyl (C=O) groups is 1. The standard InChI is InChI=1S/C9H7ClN2O3/c1-15-9(13)8-7-5(10)4-11-6(7)2-3-12(8)14/h2-4,11H,1H3. The van der Waals surface area contributed by atoms with Crippen molar-refractivity contribution in [3.63, 3.8) is 0 Å². The Morgan fingerprint density at radius 3 is 3.07 bits per heavy atom. The zero-order valence-corrected chi connectivity index (χ0v) is 8.54. The lowest BCUT2D eigenvalue weighted by Gasteiger charge is -2.03. The molecule has 6 heteroatoms. The van der Waals surface area contributed by atoms with Crippen LogP contribution in [0.2, 0.25) is 5.02 Å². The number of hydrogen-bond donors (Lipinski definition) is 1. The molecule has 2 heterocycles. The number of pyridine rings is 1. The van der Waals surface area contributed by atoms with E-state index in [0.29, 0.717) is 20.7 Å². The van der Waals surface area contributed by atoms with E-state index < -0.39 is 5.97 Å². The van der Waals surface area contributed by atoms with Gasteiger partial charge in [-0.3, -0.25) is 0 Å². The Morgan fingerprint density at radius 1 is 1.67 bits per heavy atom. The number of carbonyl (C=O) groups excluding carboxylic acids is 1. The first-order valence-corrected chi connectivity index (χ1v) is 4.50. The normalized spacial score (nSPS) is 10.5. The second kappa shape index (κ2) is 3.43. The first kappa shape index (κ1) is 9.79. The van der Waals surface area contributed by atoms with Gasteiger partial charge in [0.2, 0.25) is 0 Å². The number of H-pyrrole nitrogens is 1. The van der Waals surface area contributed by atoms with Gasteiger partial charge in [-0.25, -0.2) is 4.79 Å². The molecule has 0 saturated carbocycles. The van der Waals surface area contributed by atoms with E-state index in [1.54, 1.807) is 6.07 Å². The minimum Gasteiger partial charge on any atom is -0.618 e. The zero-order valence-electron chi connectivity index (χ0n) is 7.78. The number of methoxy groups -OCH3 is 1. The molecule has 0 atom stereocenters. The van der Waals surface area contributed by atoms with Gasteiger partial charge in [0.1, 0.15) is 0 Å². The van der Waals surface area contributed by atoms with Crippen LogP contribution in [0.5, 0.6) is 0 Å². The monoisotopic (exact) mass is 226 g/mol. The Morgan fingerprint density at radius 2 is 2.40 bits per heavy atom. The fraction of sp³-hybridized carbons (Fsp3) is 0.111. The fourth-order valence-corrected chi connectivity index (χ4v) is 1.65. The Bertz CT molecular complexity index is 535. The van der Waals surface area contributed by atoms with Crippen LogP contribution in [0.25, 0.3) is 10.9 Å². The van der Waals surface area contributed by atoms with Crippen molar-refractivity contribution in [2.45, 2.75) is 0 Å². The maximum Gasteiger partial charge on any atom is 0.405 e. The number of hydrogen-bond acceptors (Lipinski definition) is 3. The van der Waals surface area contributed by atoms with Crippen molar-refractivity contribution in [1.82, 2.24) is 4.98 Å². The van der Waals surface area contributed by atoms with Gasteiger partial charge in [-0.1, -0.05) is 11.6 Å². The summed E-state index contributed by atoms with van der Waals surface area (Å²) in [7, 11) is 1.21. The average molecular weight is 227 g/mol. The van der Waals surface area contributed by atoms with Crippen molar-refractivity contribution in [1.29, 1.82) is 0 Å². The molecule has 0 radical (unpaired) electrons. The first-order valence-electron chi connectivity index (χ1n) is 4.12. The maximum absolute atomic E-state index is 11.4. The molecular formula is C9H7ClN2O3. The van der Waals surface area contributed by atoms with Crippen LogP contribution in [0, 0.1) is 5.21 Å². The second-order valence-corrected chi connectivity index (χ2v) is 3.31. The zero-order chi connectivity index (χ0) is 11.0. The molecule has 78 valence electrons. The molecule has 0 fully saturated rings. The van der Waals surface area contributed by atoms with E-state index in [2.05, 4.69) is 9.72 Å². The Kier molecular flexibility index (Phi) is 2.24. The summed E-state index contributed by atoms with van der Waals surface area (Å²) >= 11 is 5.86. The fourth-order valence-electron chi connectivity index (χ4n) is 1.40. The summed E-state index contributed by atoms with van der Waals surface area (Å²) in [4.78, 5) is 14.2. The molecule has 0 aromatic carbocycles. The van der Waals surface area contributed by atoms with Crippen LogP contribution < -0.4 is 4.73 Å². The number of nitrogens with zero attached hydrogens (tertiary/aromatic N) is 1.